The molecule has 0 radical (unpaired) electrons. The van der Waals surface area contributed by atoms with Gasteiger partial charge in [0.25, 0.3) is 0 Å². The van der Waals surface area contributed by atoms with Crippen LogP contribution in [0.1, 0.15) is 42.2 Å². The number of amides is 1. The maximum Gasteiger partial charge on any atom is 0.229 e. The zero-order chi connectivity index (χ0) is 17.3. The predicted octanol–water partition coefficient (Wildman–Crippen LogP) is 4.05. The maximum atomic E-state index is 12.5. The highest BCUT2D eigenvalue weighted by Gasteiger charge is 2.57. The van der Waals surface area contributed by atoms with Crippen molar-refractivity contribution < 1.29 is 4.79 Å². The van der Waals surface area contributed by atoms with Crippen molar-refractivity contribution in [3.05, 3.63) is 46.5 Å². The third-order valence-corrected chi connectivity index (χ3v) is 6.58. The average molecular weight is 392 g/mol. The van der Waals surface area contributed by atoms with Gasteiger partial charge in [-0.15, -0.1) is 23.7 Å². The summed E-state index contributed by atoms with van der Waals surface area (Å²) in [6.07, 6.45) is 7.12. The Morgan fingerprint density at radius 3 is 2.88 bits per heavy atom. The molecule has 2 fully saturated rings. The van der Waals surface area contributed by atoms with Crippen LogP contribution in [0.5, 0.6) is 0 Å². The summed E-state index contributed by atoms with van der Waals surface area (Å²) in [6.45, 7) is 4.26. The Bertz CT molecular complexity index is 770. The summed E-state index contributed by atoms with van der Waals surface area (Å²) in [5.41, 5.74) is 2.93. The summed E-state index contributed by atoms with van der Waals surface area (Å²) >= 11 is 1.59. The van der Waals surface area contributed by atoms with Gasteiger partial charge in [0, 0.05) is 23.4 Å². The number of piperidine rings is 1. The van der Waals surface area contributed by atoms with Gasteiger partial charge in [-0.2, -0.15) is 0 Å². The number of nitrogens with zero attached hydrogens (tertiary/aromatic N) is 1. The molecular weight excluding hydrogens is 366 g/mol. The summed E-state index contributed by atoms with van der Waals surface area (Å²) in [5.74, 6) is 0.346. The molecule has 1 aromatic heterocycles. The van der Waals surface area contributed by atoms with Crippen LogP contribution in [-0.4, -0.2) is 24.0 Å². The van der Waals surface area contributed by atoms with Crippen LogP contribution >= 0.6 is 23.7 Å². The van der Waals surface area contributed by atoms with Crippen LogP contribution in [0.15, 0.2) is 30.5 Å². The molecule has 1 aliphatic heterocycles. The molecule has 1 spiro atoms. The van der Waals surface area contributed by atoms with Crippen molar-refractivity contribution in [3.8, 4) is 0 Å². The molecule has 2 aromatic rings. The number of carbonyl (C=O) groups is 1. The van der Waals surface area contributed by atoms with Gasteiger partial charge in [-0.25, -0.2) is 4.98 Å². The van der Waals surface area contributed by atoms with Gasteiger partial charge >= 0.3 is 0 Å². The van der Waals surface area contributed by atoms with Crippen LogP contribution in [0.25, 0.3) is 0 Å². The number of aromatic nitrogens is 1. The van der Waals surface area contributed by atoms with Gasteiger partial charge in [0.2, 0.25) is 5.91 Å². The van der Waals surface area contributed by atoms with Crippen LogP contribution in [-0.2, 0) is 17.6 Å². The second kappa shape index (κ2) is 8.07. The number of halogens is 1. The molecular formula is C20H26ClN3OS. The van der Waals surface area contributed by atoms with E-state index in [0.717, 1.165) is 50.3 Å². The van der Waals surface area contributed by atoms with Crippen molar-refractivity contribution in [1.29, 1.82) is 0 Å². The fourth-order valence-corrected chi connectivity index (χ4v) is 4.85. The highest BCUT2D eigenvalue weighted by atomic mass is 35.5. The molecule has 4 nitrogen and oxygen atoms in total. The van der Waals surface area contributed by atoms with Crippen molar-refractivity contribution in [2.45, 2.75) is 39.0 Å². The van der Waals surface area contributed by atoms with E-state index < -0.39 is 0 Å². The summed E-state index contributed by atoms with van der Waals surface area (Å²) in [6, 6.07) is 8.68. The quantitative estimate of drug-likeness (QED) is 0.808. The lowest BCUT2D eigenvalue weighted by Crippen LogP contribution is -2.31. The van der Waals surface area contributed by atoms with Crippen molar-refractivity contribution in [3.63, 3.8) is 0 Å². The molecule has 0 bridgehead atoms. The molecule has 6 heteroatoms. The number of carbonyl (C=O) groups excluding carboxylic acids is 1. The largest absolute Gasteiger partial charge is 0.317 e. The minimum atomic E-state index is 0. The standard InChI is InChI=1S/C20H25N3OS.ClH/c1-2-14-4-3-5-15(10-14)11-16-13-22-19(25-16)23-18(24)17-12-20(17)6-8-21-9-7-20;/h3-5,10,13,17,21H,2,6-9,11-12H2,1H3,(H,22,23,24);1H. The first-order chi connectivity index (χ1) is 12.2. The Morgan fingerprint density at radius 1 is 1.35 bits per heavy atom. The second-order valence-electron chi connectivity index (χ2n) is 7.34. The zero-order valence-electron chi connectivity index (χ0n) is 15.1. The average Bonchev–Trinajstić information content (AvgIpc) is 3.14. The highest BCUT2D eigenvalue weighted by Crippen LogP contribution is 2.58. The lowest BCUT2D eigenvalue weighted by Gasteiger charge is -2.22. The molecule has 1 saturated heterocycles. The maximum absolute atomic E-state index is 12.5. The fraction of sp³-hybridized carbons (Fsp3) is 0.500. The molecule has 2 N–H and O–H groups in total. The number of hydrogen-bond acceptors (Lipinski definition) is 4. The molecule has 4 rings (SSSR count). The van der Waals surface area contributed by atoms with E-state index in [1.807, 2.05) is 6.20 Å². The fourth-order valence-electron chi connectivity index (χ4n) is 4.00. The smallest absolute Gasteiger partial charge is 0.229 e. The first-order valence-electron chi connectivity index (χ1n) is 9.23. The predicted molar refractivity (Wildman–Crippen MR) is 109 cm³/mol. The molecule has 1 saturated carbocycles. The monoisotopic (exact) mass is 391 g/mol. The van der Waals surface area contributed by atoms with Crippen LogP contribution in [0, 0.1) is 11.3 Å². The molecule has 1 atom stereocenters. The summed E-state index contributed by atoms with van der Waals surface area (Å²) in [4.78, 5) is 18.1. The lowest BCUT2D eigenvalue weighted by atomic mass is 9.92. The number of anilines is 1. The molecule has 2 heterocycles. The lowest BCUT2D eigenvalue weighted by molar-refractivity contribution is -0.118. The summed E-state index contributed by atoms with van der Waals surface area (Å²) in [7, 11) is 0. The van der Waals surface area contributed by atoms with Crippen LogP contribution in [0.3, 0.4) is 0 Å². The molecule has 1 aromatic carbocycles. The van der Waals surface area contributed by atoms with Crippen molar-refractivity contribution in [2.24, 2.45) is 11.3 Å². The number of hydrogen-bond donors (Lipinski definition) is 2. The van der Waals surface area contributed by atoms with Gasteiger partial charge in [0.1, 0.15) is 0 Å². The van der Waals surface area contributed by atoms with E-state index in [-0.39, 0.29) is 29.6 Å². The molecule has 1 unspecified atom stereocenters. The third kappa shape index (κ3) is 4.11. The number of benzene rings is 1. The van der Waals surface area contributed by atoms with E-state index >= 15 is 0 Å². The van der Waals surface area contributed by atoms with Gasteiger partial charge in [-0.3, -0.25) is 4.79 Å². The van der Waals surface area contributed by atoms with Crippen molar-refractivity contribution >= 4 is 34.8 Å². The Morgan fingerprint density at radius 2 is 2.12 bits per heavy atom. The van der Waals surface area contributed by atoms with Crippen LogP contribution < -0.4 is 10.6 Å². The number of thiazole rings is 1. The second-order valence-corrected chi connectivity index (χ2v) is 8.46. The number of aryl methyl sites for hydroxylation is 1. The molecule has 1 amide bonds. The third-order valence-electron chi connectivity index (χ3n) is 5.67. The normalized spacial score (nSPS) is 20.4. The van der Waals surface area contributed by atoms with Gasteiger partial charge < -0.3 is 10.6 Å². The summed E-state index contributed by atoms with van der Waals surface area (Å²) < 4.78 is 0. The van der Waals surface area contributed by atoms with E-state index in [2.05, 4.69) is 46.8 Å². The summed E-state index contributed by atoms with van der Waals surface area (Å²) in [5, 5.41) is 7.17. The van der Waals surface area contributed by atoms with Gasteiger partial charge in [-0.05, 0) is 55.3 Å². The van der Waals surface area contributed by atoms with E-state index in [4.69, 9.17) is 0 Å². The van der Waals surface area contributed by atoms with Crippen molar-refractivity contribution in [1.82, 2.24) is 10.3 Å². The van der Waals surface area contributed by atoms with E-state index in [1.54, 1.807) is 11.3 Å². The minimum Gasteiger partial charge on any atom is -0.317 e. The highest BCUT2D eigenvalue weighted by molar-refractivity contribution is 7.15. The Kier molecular flexibility index (Phi) is 6.00. The van der Waals surface area contributed by atoms with Crippen molar-refractivity contribution in [2.75, 3.05) is 18.4 Å². The SMILES string of the molecule is CCc1cccc(Cc2cnc(NC(=O)C3CC34CCNCC4)s2)c1.Cl. The van der Waals surface area contributed by atoms with Gasteiger partial charge in [0.05, 0.1) is 0 Å². The Hall–Kier alpha value is -1.43. The van der Waals surface area contributed by atoms with Crippen LogP contribution in [0.2, 0.25) is 0 Å². The Labute approximate surface area is 165 Å². The van der Waals surface area contributed by atoms with E-state index in [0.29, 0.717) is 0 Å². The molecule has 1 aliphatic carbocycles. The molecule has 2 aliphatic rings. The van der Waals surface area contributed by atoms with Gasteiger partial charge in [-0.1, -0.05) is 31.2 Å². The first-order valence-corrected chi connectivity index (χ1v) is 10.0. The van der Waals surface area contributed by atoms with E-state index in [9.17, 15) is 4.79 Å². The number of nitrogens with one attached hydrogen (secondary N) is 2. The minimum absolute atomic E-state index is 0. The number of rotatable bonds is 5. The topological polar surface area (TPSA) is 54.0 Å². The Balaban J connectivity index is 0.00000196. The van der Waals surface area contributed by atoms with Gasteiger partial charge in [0.15, 0.2) is 5.13 Å². The first kappa shape index (κ1) is 19.3. The molecule has 140 valence electrons. The van der Waals surface area contributed by atoms with Crippen LogP contribution in [0.4, 0.5) is 5.13 Å². The zero-order valence-corrected chi connectivity index (χ0v) is 16.7. The van der Waals surface area contributed by atoms with E-state index in [1.165, 1.54) is 16.0 Å². The molecule has 26 heavy (non-hydrogen) atoms.